The van der Waals surface area contributed by atoms with Gasteiger partial charge in [-0.25, -0.2) is 0 Å². The average molecular weight is 230 g/mol. The Morgan fingerprint density at radius 1 is 1.29 bits per heavy atom. The number of carbonyl (C=O) groups is 1. The Bertz CT molecular complexity index is 476. The lowest BCUT2D eigenvalue weighted by molar-refractivity contribution is 0.102. The van der Waals surface area contributed by atoms with Crippen molar-refractivity contribution in [2.75, 3.05) is 12.4 Å². The van der Waals surface area contributed by atoms with Crippen LogP contribution < -0.4 is 10.6 Å². The third kappa shape index (κ3) is 2.92. The Balaban J connectivity index is 2.01. The van der Waals surface area contributed by atoms with Crippen LogP contribution in [0.15, 0.2) is 36.5 Å². The summed E-state index contributed by atoms with van der Waals surface area (Å²) in [6.07, 6.45) is 1.55. The van der Waals surface area contributed by atoms with Crippen LogP contribution in [0.2, 0.25) is 0 Å². The molecule has 2 aromatic rings. The molecule has 5 nitrogen and oxygen atoms in total. The second kappa shape index (κ2) is 5.27. The monoisotopic (exact) mass is 230 g/mol. The highest BCUT2D eigenvalue weighted by atomic mass is 16.1. The fraction of sp³-hybridized carbons (Fsp3) is 0.167. The van der Waals surface area contributed by atoms with Gasteiger partial charge in [-0.2, -0.15) is 5.10 Å². The standard InChI is InChI=1S/C12H14N4O/c1-13-8-9-2-4-10(5-3-9)15-12(17)11-6-7-14-16-11/h2-7,13H,8H2,1H3,(H,14,16)(H,15,17). The lowest BCUT2D eigenvalue weighted by Gasteiger charge is -2.05. The lowest BCUT2D eigenvalue weighted by Crippen LogP contribution is -2.12. The van der Waals surface area contributed by atoms with E-state index in [2.05, 4.69) is 20.8 Å². The molecular formula is C12H14N4O. The highest BCUT2D eigenvalue weighted by Gasteiger charge is 2.06. The van der Waals surface area contributed by atoms with Crippen LogP contribution in [0.1, 0.15) is 16.1 Å². The number of hydrogen-bond acceptors (Lipinski definition) is 3. The van der Waals surface area contributed by atoms with Crippen molar-refractivity contribution in [2.24, 2.45) is 0 Å². The van der Waals surface area contributed by atoms with Crippen LogP contribution >= 0.6 is 0 Å². The summed E-state index contributed by atoms with van der Waals surface area (Å²) in [6.45, 7) is 0.814. The molecule has 5 heteroatoms. The molecule has 88 valence electrons. The fourth-order valence-electron chi connectivity index (χ4n) is 1.49. The van der Waals surface area contributed by atoms with Gasteiger partial charge in [-0.05, 0) is 30.8 Å². The van der Waals surface area contributed by atoms with E-state index in [1.165, 1.54) is 5.56 Å². The minimum atomic E-state index is -0.191. The number of H-pyrrole nitrogens is 1. The van der Waals surface area contributed by atoms with Gasteiger partial charge in [-0.15, -0.1) is 0 Å². The summed E-state index contributed by atoms with van der Waals surface area (Å²) in [6, 6.07) is 9.32. The summed E-state index contributed by atoms with van der Waals surface area (Å²) < 4.78 is 0. The van der Waals surface area contributed by atoms with Crippen molar-refractivity contribution in [3.8, 4) is 0 Å². The maximum atomic E-state index is 11.7. The van der Waals surface area contributed by atoms with Gasteiger partial charge in [-0.1, -0.05) is 12.1 Å². The van der Waals surface area contributed by atoms with Gasteiger partial charge in [0.15, 0.2) is 0 Å². The van der Waals surface area contributed by atoms with E-state index in [1.807, 2.05) is 31.3 Å². The first-order chi connectivity index (χ1) is 8.29. The summed E-state index contributed by atoms with van der Waals surface area (Å²) in [5, 5.41) is 12.2. The molecule has 3 N–H and O–H groups in total. The molecule has 1 heterocycles. The topological polar surface area (TPSA) is 69.8 Å². The van der Waals surface area contributed by atoms with E-state index in [4.69, 9.17) is 0 Å². The number of anilines is 1. The van der Waals surface area contributed by atoms with Gasteiger partial charge in [0, 0.05) is 18.4 Å². The molecule has 0 aliphatic heterocycles. The van der Waals surface area contributed by atoms with Gasteiger partial charge in [-0.3, -0.25) is 9.89 Å². The number of nitrogens with zero attached hydrogens (tertiary/aromatic N) is 1. The molecule has 0 unspecified atom stereocenters. The van der Waals surface area contributed by atoms with E-state index in [-0.39, 0.29) is 5.91 Å². The van der Waals surface area contributed by atoms with Crippen molar-refractivity contribution < 1.29 is 4.79 Å². The first-order valence-electron chi connectivity index (χ1n) is 5.34. The lowest BCUT2D eigenvalue weighted by atomic mass is 10.2. The van der Waals surface area contributed by atoms with E-state index < -0.39 is 0 Å². The molecule has 0 saturated heterocycles. The first kappa shape index (κ1) is 11.3. The second-order valence-corrected chi connectivity index (χ2v) is 3.65. The third-order valence-corrected chi connectivity index (χ3v) is 2.34. The van der Waals surface area contributed by atoms with Crippen LogP contribution in [0, 0.1) is 0 Å². The van der Waals surface area contributed by atoms with Crippen molar-refractivity contribution in [3.05, 3.63) is 47.8 Å². The number of carbonyl (C=O) groups excluding carboxylic acids is 1. The van der Waals surface area contributed by atoms with Crippen LogP contribution in [0.25, 0.3) is 0 Å². The smallest absolute Gasteiger partial charge is 0.273 e. The molecule has 0 aliphatic carbocycles. The molecule has 0 atom stereocenters. The van der Waals surface area contributed by atoms with Gasteiger partial charge < -0.3 is 10.6 Å². The molecule has 0 spiro atoms. The van der Waals surface area contributed by atoms with Crippen LogP contribution in [0.3, 0.4) is 0 Å². The molecule has 1 aromatic heterocycles. The normalized spacial score (nSPS) is 10.2. The van der Waals surface area contributed by atoms with E-state index in [9.17, 15) is 4.79 Å². The number of benzene rings is 1. The number of nitrogens with one attached hydrogen (secondary N) is 3. The molecule has 2 rings (SSSR count). The third-order valence-electron chi connectivity index (χ3n) is 2.34. The van der Waals surface area contributed by atoms with Crippen molar-refractivity contribution in [3.63, 3.8) is 0 Å². The molecule has 0 fully saturated rings. The number of aromatic amines is 1. The highest BCUT2D eigenvalue weighted by molar-refractivity contribution is 6.02. The van der Waals surface area contributed by atoms with Gasteiger partial charge in [0.05, 0.1) is 0 Å². The Morgan fingerprint density at radius 2 is 2.06 bits per heavy atom. The first-order valence-corrected chi connectivity index (χ1v) is 5.34. The molecule has 0 saturated carbocycles. The minimum absolute atomic E-state index is 0.191. The SMILES string of the molecule is CNCc1ccc(NC(=O)c2ccn[nH]2)cc1. The zero-order valence-electron chi connectivity index (χ0n) is 9.53. The summed E-state index contributed by atoms with van der Waals surface area (Å²) in [5.74, 6) is -0.191. The maximum absolute atomic E-state index is 11.7. The molecule has 0 bridgehead atoms. The van der Waals surface area contributed by atoms with Crippen molar-refractivity contribution in [1.29, 1.82) is 0 Å². The average Bonchev–Trinajstić information content (AvgIpc) is 2.86. The largest absolute Gasteiger partial charge is 0.321 e. The molecular weight excluding hydrogens is 216 g/mol. The van der Waals surface area contributed by atoms with Crippen LogP contribution in [0.4, 0.5) is 5.69 Å². The number of rotatable bonds is 4. The maximum Gasteiger partial charge on any atom is 0.273 e. The Hall–Kier alpha value is -2.14. The number of amides is 1. The molecule has 17 heavy (non-hydrogen) atoms. The quantitative estimate of drug-likeness (QED) is 0.743. The summed E-state index contributed by atoms with van der Waals surface area (Å²) in [5.41, 5.74) is 2.39. The van der Waals surface area contributed by atoms with Crippen molar-refractivity contribution in [1.82, 2.24) is 15.5 Å². The second-order valence-electron chi connectivity index (χ2n) is 3.65. The number of aromatic nitrogens is 2. The van der Waals surface area contributed by atoms with Gasteiger partial charge in [0.1, 0.15) is 5.69 Å². The summed E-state index contributed by atoms with van der Waals surface area (Å²) >= 11 is 0. The highest BCUT2D eigenvalue weighted by Crippen LogP contribution is 2.10. The molecule has 1 amide bonds. The predicted molar refractivity (Wildman–Crippen MR) is 65.7 cm³/mol. The van der Waals surface area contributed by atoms with Crippen molar-refractivity contribution >= 4 is 11.6 Å². The van der Waals surface area contributed by atoms with Gasteiger partial charge in [0.25, 0.3) is 5.91 Å². The zero-order chi connectivity index (χ0) is 12.1. The van der Waals surface area contributed by atoms with Crippen LogP contribution in [-0.2, 0) is 6.54 Å². The molecule has 0 radical (unpaired) electrons. The van der Waals surface area contributed by atoms with E-state index >= 15 is 0 Å². The molecule has 0 aliphatic rings. The summed E-state index contributed by atoms with van der Waals surface area (Å²) in [4.78, 5) is 11.7. The Kier molecular flexibility index (Phi) is 3.52. The number of hydrogen-bond donors (Lipinski definition) is 3. The Labute approximate surface area is 99.2 Å². The van der Waals surface area contributed by atoms with E-state index in [0.717, 1.165) is 12.2 Å². The van der Waals surface area contributed by atoms with E-state index in [1.54, 1.807) is 12.3 Å². The zero-order valence-corrected chi connectivity index (χ0v) is 9.53. The van der Waals surface area contributed by atoms with E-state index in [0.29, 0.717) is 5.69 Å². The predicted octanol–water partition coefficient (Wildman–Crippen LogP) is 1.38. The van der Waals surface area contributed by atoms with Gasteiger partial charge in [0.2, 0.25) is 0 Å². The Morgan fingerprint density at radius 3 is 2.65 bits per heavy atom. The van der Waals surface area contributed by atoms with Crippen LogP contribution in [-0.4, -0.2) is 23.2 Å². The fourth-order valence-corrected chi connectivity index (χ4v) is 1.49. The molecule has 1 aromatic carbocycles. The summed E-state index contributed by atoms with van der Waals surface area (Å²) in [7, 11) is 1.90. The van der Waals surface area contributed by atoms with Crippen molar-refractivity contribution in [2.45, 2.75) is 6.54 Å². The van der Waals surface area contributed by atoms with Crippen LogP contribution in [0.5, 0.6) is 0 Å². The minimum Gasteiger partial charge on any atom is -0.321 e. The van der Waals surface area contributed by atoms with Gasteiger partial charge >= 0.3 is 0 Å².